The molecule has 1 saturated heterocycles. The molecule has 4 N–H and O–H groups in total. The van der Waals surface area contributed by atoms with Gasteiger partial charge in [0.05, 0.1) is 22.9 Å². The molecule has 1 fully saturated rings. The van der Waals surface area contributed by atoms with Crippen LogP contribution in [0, 0.1) is 5.92 Å². The monoisotopic (exact) mass is 311 g/mol. The van der Waals surface area contributed by atoms with Crippen LogP contribution in [0.4, 0.5) is 11.4 Å². The number of nitrogens with two attached hydrogens (primary N) is 1. The Balaban J connectivity index is 1.95. The highest BCUT2D eigenvalue weighted by Gasteiger charge is 2.31. The topological polar surface area (TPSA) is 78.6 Å². The van der Waals surface area contributed by atoms with Crippen LogP contribution < -0.4 is 11.1 Å². The number of nitrogen functional groups attached to an aromatic ring is 1. The third-order valence-electron chi connectivity index (χ3n) is 4.13. The van der Waals surface area contributed by atoms with Crippen molar-refractivity contribution < 1.29 is 9.90 Å². The fourth-order valence-electron chi connectivity index (χ4n) is 2.59. The second-order valence-corrected chi connectivity index (χ2v) is 6.09. The molecule has 3 atom stereocenters. The molecule has 1 heterocycles. The van der Waals surface area contributed by atoms with Crippen molar-refractivity contribution in [2.75, 3.05) is 24.1 Å². The van der Waals surface area contributed by atoms with E-state index in [1.165, 1.54) is 0 Å². The first-order valence-electron chi connectivity index (χ1n) is 7.16. The van der Waals surface area contributed by atoms with Gasteiger partial charge in [0.1, 0.15) is 0 Å². The first kappa shape index (κ1) is 16.1. The lowest BCUT2D eigenvalue weighted by atomic mass is 10.0. The van der Waals surface area contributed by atoms with Crippen LogP contribution in [0.5, 0.6) is 0 Å². The molecule has 3 unspecified atom stereocenters. The van der Waals surface area contributed by atoms with Crippen LogP contribution in [0.15, 0.2) is 18.2 Å². The van der Waals surface area contributed by atoms with Gasteiger partial charge in [-0.15, -0.1) is 0 Å². The van der Waals surface area contributed by atoms with Gasteiger partial charge in [-0.25, -0.2) is 0 Å². The van der Waals surface area contributed by atoms with Crippen molar-refractivity contribution in [1.82, 2.24) is 4.90 Å². The number of carbonyl (C=O) groups excluding carboxylic acids is 1. The van der Waals surface area contributed by atoms with Gasteiger partial charge in [0.2, 0.25) is 5.91 Å². The molecule has 116 valence electrons. The van der Waals surface area contributed by atoms with Crippen LogP contribution in [0.3, 0.4) is 0 Å². The fraction of sp³-hybridized carbons (Fsp3) is 0.533. The largest absolute Gasteiger partial charge is 0.397 e. The van der Waals surface area contributed by atoms with Crippen molar-refractivity contribution in [2.45, 2.75) is 32.4 Å². The maximum atomic E-state index is 12.3. The van der Waals surface area contributed by atoms with Gasteiger partial charge in [-0.3, -0.25) is 9.69 Å². The maximum Gasteiger partial charge on any atom is 0.241 e. The Morgan fingerprint density at radius 2 is 2.24 bits per heavy atom. The number of rotatable bonds is 4. The van der Waals surface area contributed by atoms with Crippen LogP contribution in [0.25, 0.3) is 0 Å². The van der Waals surface area contributed by atoms with Gasteiger partial charge in [0.25, 0.3) is 0 Å². The maximum absolute atomic E-state index is 12.3. The van der Waals surface area contributed by atoms with Crippen molar-refractivity contribution in [1.29, 1.82) is 0 Å². The summed E-state index contributed by atoms with van der Waals surface area (Å²) < 4.78 is 0. The molecule has 6 heteroatoms. The number of likely N-dealkylation sites (tertiary alicyclic amines) is 1. The standard InChI is InChI=1S/C15H22ClN3O2/c1-9(19-6-5-11(8-19)10(2)20)15(21)18-12-3-4-13(16)14(17)7-12/h3-4,7,9-11,20H,5-6,8,17H2,1-2H3,(H,18,21). The van der Waals surface area contributed by atoms with Gasteiger partial charge in [-0.1, -0.05) is 11.6 Å². The highest BCUT2D eigenvalue weighted by Crippen LogP contribution is 2.24. The SMILES string of the molecule is CC(O)C1CCN(C(C)C(=O)Nc2ccc(Cl)c(N)c2)C1. The lowest BCUT2D eigenvalue weighted by molar-refractivity contribution is -0.120. The Bertz CT molecular complexity index is 522. The number of benzene rings is 1. The number of aliphatic hydroxyl groups is 1. The summed E-state index contributed by atoms with van der Waals surface area (Å²) in [5, 5.41) is 12.9. The van der Waals surface area contributed by atoms with E-state index in [-0.39, 0.29) is 24.0 Å². The van der Waals surface area contributed by atoms with Crippen LogP contribution in [0.2, 0.25) is 5.02 Å². The molecule has 1 aliphatic rings. The molecule has 21 heavy (non-hydrogen) atoms. The Morgan fingerprint density at radius 3 is 2.81 bits per heavy atom. The minimum atomic E-state index is -0.332. The molecular weight excluding hydrogens is 290 g/mol. The summed E-state index contributed by atoms with van der Waals surface area (Å²) in [6.45, 7) is 5.25. The van der Waals surface area contributed by atoms with Gasteiger partial charge in [-0.05, 0) is 50.9 Å². The Hall–Kier alpha value is -1.30. The van der Waals surface area contributed by atoms with E-state index in [0.29, 0.717) is 16.4 Å². The summed E-state index contributed by atoms with van der Waals surface area (Å²) in [7, 11) is 0. The summed E-state index contributed by atoms with van der Waals surface area (Å²) in [4.78, 5) is 14.4. The number of anilines is 2. The normalized spacial score (nSPS) is 22.0. The minimum Gasteiger partial charge on any atom is -0.397 e. The number of carbonyl (C=O) groups is 1. The number of hydrogen-bond acceptors (Lipinski definition) is 4. The molecule has 2 rings (SSSR count). The summed E-state index contributed by atoms with van der Waals surface area (Å²) >= 11 is 5.86. The molecule has 1 aromatic carbocycles. The van der Waals surface area contributed by atoms with E-state index in [9.17, 15) is 9.90 Å². The van der Waals surface area contributed by atoms with Gasteiger partial charge >= 0.3 is 0 Å². The summed E-state index contributed by atoms with van der Waals surface area (Å²) in [5.41, 5.74) is 6.81. The first-order chi connectivity index (χ1) is 9.88. The second-order valence-electron chi connectivity index (χ2n) is 5.69. The van der Waals surface area contributed by atoms with Crippen molar-refractivity contribution in [3.8, 4) is 0 Å². The zero-order chi connectivity index (χ0) is 15.6. The Kier molecular flexibility index (Phi) is 5.08. The zero-order valence-electron chi connectivity index (χ0n) is 12.3. The highest BCUT2D eigenvalue weighted by atomic mass is 35.5. The van der Waals surface area contributed by atoms with Gasteiger partial charge in [-0.2, -0.15) is 0 Å². The van der Waals surface area contributed by atoms with Crippen molar-refractivity contribution >= 4 is 28.9 Å². The first-order valence-corrected chi connectivity index (χ1v) is 7.54. The van der Waals surface area contributed by atoms with Gasteiger partial charge < -0.3 is 16.2 Å². The quantitative estimate of drug-likeness (QED) is 0.743. The molecule has 1 aliphatic heterocycles. The molecule has 0 aromatic heterocycles. The summed E-state index contributed by atoms with van der Waals surface area (Å²) in [5.74, 6) is 0.161. The van der Waals surface area contributed by atoms with E-state index >= 15 is 0 Å². The minimum absolute atomic E-state index is 0.0806. The van der Waals surface area contributed by atoms with E-state index in [1.54, 1.807) is 25.1 Å². The Morgan fingerprint density at radius 1 is 1.52 bits per heavy atom. The van der Waals surface area contributed by atoms with Crippen LogP contribution in [0.1, 0.15) is 20.3 Å². The molecular formula is C15H22ClN3O2. The predicted molar refractivity (Wildman–Crippen MR) is 85.3 cm³/mol. The lowest BCUT2D eigenvalue weighted by Crippen LogP contribution is -2.41. The molecule has 1 aromatic rings. The zero-order valence-corrected chi connectivity index (χ0v) is 13.1. The van der Waals surface area contributed by atoms with Crippen LogP contribution in [-0.2, 0) is 4.79 Å². The van der Waals surface area contributed by atoms with Crippen LogP contribution >= 0.6 is 11.6 Å². The molecule has 5 nitrogen and oxygen atoms in total. The van der Waals surface area contributed by atoms with E-state index in [2.05, 4.69) is 10.2 Å². The predicted octanol–water partition coefficient (Wildman–Crippen LogP) is 1.95. The third kappa shape index (κ3) is 3.87. The molecule has 1 amide bonds. The van der Waals surface area contributed by atoms with E-state index in [1.807, 2.05) is 6.92 Å². The molecule has 0 saturated carbocycles. The molecule has 0 bridgehead atoms. The fourth-order valence-corrected chi connectivity index (χ4v) is 2.71. The smallest absolute Gasteiger partial charge is 0.241 e. The van der Waals surface area contributed by atoms with Crippen molar-refractivity contribution in [2.24, 2.45) is 5.92 Å². The van der Waals surface area contributed by atoms with E-state index < -0.39 is 0 Å². The van der Waals surface area contributed by atoms with E-state index in [0.717, 1.165) is 19.5 Å². The number of nitrogens with zero attached hydrogens (tertiary/aromatic N) is 1. The number of aliphatic hydroxyl groups excluding tert-OH is 1. The van der Waals surface area contributed by atoms with Gasteiger partial charge in [0, 0.05) is 12.2 Å². The number of hydrogen-bond donors (Lipinski definition) is 3. The lowest BCUT2D eigenvalue weighted by Gasteiger charge is -2.24. The molecule has 0 aliphatic carbocycles. The number of nitrogens with one attached hydrogen (secondary N) is 1. The molecule has 0 spiro atoms. The molecule has 0 radical (unpaired) electrons. The number of halogens is 1. The van der Waals surface area contributed by atoms with E-state index in [4.69, 9.17) is 17.3 Å². The van der Waals surface area contributed by atoms with Gasteiger partial charge in [0.15, 0.2) is 0 Å². The average Bonchev–Trinajstić information content (AvgIpc) is 2.92. The number of amides is 1. The third-order valence-corrected chi connectivity index (χ3v) is 4.47. The van der Waals surface area contributed by atoms with Crippen molar-refractivity contribution in [3.05, 3.63) is 23.2 Å². The highest BCUT2D eigenvalue weighted by molar-refractivity contribution is 6.33. The van der Waals surface area contributed by atoms with Crippen molar-refractivity contribution in [3.63, 3.8) is 0 Å². The van der Waals surface area contributed by atoms with Crippen LogP contribution in [-0.4, -0.2) is 41.1 Å². The Labute approximate surface area is 130 Å². The summed E-state index contributed by atoms with van der Waals surface area (Å²) in [6.07, 6.45) is 0.588. The second kappa shape index (κ2) is 6.64. The average molecular weight is 312 g/mol. The summed E-state index contributed by atoms with van der Waals surface area (Å²) in [6, 6.07) is 4.79.